The van der Waals surface area contributed by atoms with Gasteiger partial charge in [0.1, 0.15) is 0 Å². The molecule has 2 amide bonds. The molecule has 0 aliphatic carbocycles. The average molecular weight is 512 g/mol. The van der Waals surface area contributed by atoms with Crippen molar-refractivity contribution < 1.29 is 123 Å². The quantitative estimate of drug-likeness (QED) is 0.0799. The summed E-state index contributed by atoms with van der Waals surface area (Å²) in [6, 6.07) is 0. The fourth-order valence-corrected chi connectivity index (χ4v) is 0.150. The molecule has 0 atom stereocenters. The van der Waals surface area contributed by atoms with Gasteiger partial charge >= 0.3 is 0 Å². The maximum atomic E-state index is 9.27. The SMILES string of the molecule is O=[C-]NCN[C-]=O.O=[C-]O.O=[C-]O.O=[C-]O[C-]=O.O=[C-]O[C-]=O.[Y].[Y]. The number of carbonyl (C=O) groups excluding carboxylic acids is 6. The smallest absolute Gasteiger partial charge is 0.0290 e. The van der Waals surface area contributed by atoms with Crippen LogP contribution in [0.4, 0.5) is 0 Å². The molecule has 0 unspecified atom stereocenters. The summed E-state index contributed by atoms with van der Waals surface area (Å²) in [6.45, 7) is 4.47. The Labute approximate surface area is 191 Å². The number of ether oxygens (including phenoxy) is 2. The molecular formula is C9H6N2O12Y2-8. The standard InChI is InChI=1S/C3H4N2O2.2C2O3.2CHO2.2Y/c6-2-4-1-5-3-7;2*3-1-5-2-4;2*2-1-3;;/h1H2,(H,4,6)(H,5,7);;;2*(H,2,3);;/q3*-2;2*-1;;. The van der Waals surface area contributed by atoms with E-state index in [4.69, 9.17) is 39.0 Å². The second-order valence-electron chi connectivity index (χ2n) is 1.45. The Morgan fingerprint density at radius 1 is 0.600 bits per heavy atom. The van der Waals surface area contributed by atoms with Gasteiger partial charge in [0, 0.05) is 72.1 Å². The van der Waals surface area contributed by atoms with Gasteiger partial charge in [0.25, 0.3) is 0 Å². The molecule has 0 aliphatic heterocycles. The molecule has 25 heavy (non-hydrogen) atoms. The van der Waals surface area contributed by atoms with Gasteiger partial charge in [0.2, 0.25) is 0 Å². The van der Waals surface area contributed by atoms with Crippen LogP contribution in [0.3, 0.4) is 0 Å². The van der Waals surface area contributed by atoms with E-state index >= 15 is 0 Å². The molecule has 0 saturated heterocycles. The Hall–Kier alpha value is -1.63. The number of nitrogens with one attached hydrogen (secondary N) is 2. The van der Waals surface area contributed by atoms with Crippen LogP contribution in [0.15, 0.2) is 0 Å². The van der Waals surface area contributed by atoms with Crippen molar-refractivity contribution in [1.29, 1.82) is 0 Å². The van der Waals surface area contributed by atoms with Gasteiger partial charge in [-0.15, -0.1) is 25.9 Å². The Kier molecular flexibility index (Phi) is 138. The van der Waals surface area contributed by atoms with E-state index in [1.807, 2.05) is 0 Å². The molecule has 0 rings (SSSR count). The molecule has 0 spiro atoms. The number of hydrogen-bond acceptors (Lipinski definition) is 10. The molecule has 0 aliphatic rings. The van der Waals surface area contributed by atoms with Crippen LogP contribution in [0.1, 0.15) is 0 Å². The van der Waals surface area contributed by atoms with Gasteiger partial charge in [-0.3, -0.25) is 0 Å². The van der Waals surface area contributed by atoms with Crippen LogP contribution in [-0.2, 0) is 113 Å². The first-order valence-corrected chi connectivity index (χ1v) is 4.10. The number of rotatable bonds is 8. The average Bonchev–Trinajstić information content (AvgIpc) is 2.52. The summed E-state index contributed by atoms with van der Waals surface area (Å²) in [5.74, 6) is 0. The van der Waals surface area contributed by atoms with E-state index in [-0.39, 0.29) is 72.1 Å². The van der Waals surface area contributed by atoms with E-state index in [9.17, 15) is 9.59 Å². The molecule has 138 valence electrons. The van der Waals surface area contributed by atoms with Crippen molar-refractivity contribution in [3.05, 3.63) is 0 Å². The van der Waals surface area contributed by atoms with Crippen LogP contribution >= 0.6 is 0 Å². The van der Waals surface area contributed by atoms with Gasteiger partial charge in [0.05, 0.1) is 0 Å². The van der Waals surface area contributed by atoms with Crippen LogP contribution < -0.4 is 10.6 Å². The normalized spacial score (nSPS) is 5.12. The molecule has 2 radical (unpaired) electrons. The van der Waals surface area contributed by atoms with Gasteiger partial charge in [0.15, 0.2) is 0 Å². The van der Waals surface area contributed by atoms with Gasteiger partial charge in [-0.1, -0.05) is 12.9 Å². The Morgan fingerprint density at radius 2 is 0.800 bits per heavy atom. The van der Waals surface area contributed by atoms with Crippen LogP contribution in [-0.4, -0.2) is 68.5 Å². The summed E-state index contributed by atoms with van der Waals surface area (Å²) in [5.41, 5.74) is 0. The van der Waals surface area contributed by atoms with Crippen LogP contribution in [0.2, 0.25) is 0 Å². The predicted molar refractivity (Wildman–Crippen MR) is 64.1 cm³/mol. The van der Waals surface area contributed by atoms with Gasteiger partial charge in [-0.25, -0.2) is 0 Å². The zero-order valence-corrected chi connectivity index (χ0v) is 17.5. The van der Waals surface area contributed by atoms with Crippen molar-refractivity contribution in [1.82, 2.24) is 10.6 Å². The van der Waals surface area contributed by atoms with E-state index < -0.39 is 0 Å². The van der Waals surface area contributed by atoms with Crippen LogP contribution in [0.25, 0.3) is 0 Å². The first kappa shape index (κ1) is 43.6. The fraction of sp³-hybridized carbons (Fsp3) is 0.111. The second kappa shape index (κ2) is 79.0. The molecule has 0 bridgehead atoms. The van der Waals surface area contributed by atoms with Crippen molar-refractivity contribution in [2.75, 3.05) is 6.67 Å². The molecule has 4 N–H and O–H groups in total. The largest absolute Gasteiger partial charge is 0.783 e. The zero-order valence-electron chi connectivity index (χ0n) is 11.8. The van der Waals surface area contributed by atoms with Gasteiger partial charge in [-0.05, 0) is 0 Å². The molecule has 0 saturated carbocycles. The third-order valence-electron chi connectivity index (χ3n) is 0.488. The van der Waals surface area contributed by atoms with Gasteiger partial charge < -0.3 is 68.7 Å². The molecule has 0 heterocycles. The first-order valence-electron chi connectivity index (χ1n) is 4.10. The minimum absolute atomic E-state index is 0. The number of hydrogen-bond donors (Lipinski definition) is 4. The Morgan fingerprint density at radius 3 is 0.880 bits per heavy atom. The van der Waals surface area contributed by atoms with E-state index in [0.29, 0.717) is 12.9 Å². The second-order valence-corrected chi connectivity index (χ2v) is 1.45. The Bertz CT molecular complexity index is 266. The maximum Gasteiger partial charge on any atom is 0.0290 e. The van der Waals surface area contributed by atoms with Crippen LogP contribution in [0.5, 0.6) is 0 Å². The summed E-state index contributed by atoms with van der Waals surface area (Å²) in [5, 5.41) is 17.7. The maximum absolute atomic E-state index is 9.27. The zero-order chi connectivity index (χ0) is 19.2. The van der Waals surface area contributed by atoms with Crippen molar-refractivity contribution in [2.24, 2.45) is 0 Å². The summed E-state index contributed by atoms with van der Waals surface area (Å²) >= 11 is 0. The van der Waals surface area contributed by atoms with Crippen LogP contribution in [0, 0.1) is 0 Å². The third-order valence-corrected chi connectivity index (χ3v) is 0.488. The van der Waals surface area contributed by atoms with Crippen molar-refractivity contribution in [2.45, 2.75) is 0 Å². The van der Waals surface area contributed by atoms with E-state index in [1.54, 1.807) is 0 Å². The topological polar surface area (TPSA) is 220 Å². The van der Waals surface area contributed by atoms with Crippen molar-refractivity contribution in [3.63, 3.8) is 0 Å². The van der Waals surface area contributed by atoms with Gasteiger partial charge in [-0.2, -0.15) is 12.8 Å². The van der Waals surface area contributed by atoms with E-state index in [1.165, 1.54) is 12.8 Å². The third kappa shape index (κ3) is 229. The molecule has 0 fully saturated rings. The molecule has 16 heteroatoms. The molecule has 0 aromatic heterocycles. The summed E-state index contributed by atoms with van der Waals surface area (Å²) < 4.78 is 6.44. The summed E-state index contributed by atoms with van der Waals surface area (Å²) in [7, 11) is 0. The first-order chi connectivity index (χ1) is 11.1. The Balaban J connectivity index is -0.0000000329. The molecule has 0 aromatic carbocycles. The molecular weight excluding hydrogens is 506 g/mol. The van der Waals surface area contributed by atoms with Crippen molar-refractivity contribution >= 4 is 51.7 Å². The monoisotopic (exact) mass is 512 g/mol. The number of amides is 2. The van der Waals surface area contributed by atoms with E-state index in [2.05, 4.69) is 20.1 Å². The minimum Gasteiger partial charge on any atom is -0.783 e. The van der Waals surface area contributed by atoms with E-state index in [0.717, 1.165) is 25.9 Å². The summed E-state index contributed by atoms with van der Waals surface area (Å²) in [6.07, 6.45) is 2.72. The fourth-order valence-electron chi connectivity index (χ4n) is 0.150. The van der Waals surface area contributed by atoms with Crippen molar-refractivity contribution in [3.8, 4) is 0 Å². The predicted octanol–water partition coefficient (Wildman–Crippen LogP) is -4.25. The molecule has 14 nitrogen and oxygen atoms in total. The number of aliphatic hydroxyl groups excluding tert-OH is 2. The minimum atomic E-state index is 0. The molecule has 0 aromatic rings. The summed E-state index contributed by atoms with van der Waals surface area (Å²) in [4.78, 5) is 70.2.